The molecule has 0 radical (unpaired) electrons. The van der Waals surface area contributed by atoms with E-state index in [9.17, 15) is 22.8 Å². The number of nitrogens with one attached hydrogen (secondary N) is 3. The van der Waals surface area contributed by atoms with E-state index in [0.29, 0.717) is 23.2 Å². The third kappa shape index (κ3) is 10.7. The van der Waals surface area contributed by atoms with E-state index in [1.54, 1.807) is 54.6 Å². The molecule has 0 spiro atoms. The first kappa shape index (κ1) is 31.8. The fraction of sp³-hybridized carbons (Fsp3) is 0.296. The first-order valence-corrected chi connectivity index (χ1v) is 14.6. The number of rotatable bonds is 16. The molecule has 15 heteroatoms. The fourth-order valence-corrected chi connectivity index (χ4v) is 5.27. The lowest BCUT2D eigenvalue weighted by Gasteiger charge is -2.20. The molecule has 0 saturated heterocycles. The van der Waals surface area contributed by atoms with Gasteiger partial charge in [0.15, 0.2) is 5.96 Å². The molecule has 3 aromatic rings. The van der Waals surface area contributed by atoms with Crippen molar-refractivity contribution in [2.24, 2.45) is 16.5 Å². The van der Waals surface area contributed by atoms with Crippen molar-refractivity contribution in [1.82, 2.24) is 20.3 Å². The van der Waals surface area contributed by atoms with E-state index in [1.165, 1.54) is 12.5 Å². The van der Waals surface area contributed by atoms with Crippen LogP contribution in [0.2, 0.25) is 0 Å². The number of hydrogen-bond acceptors (Lipinski definition) is 9. The minimum Gasteiger partial charge on any atom is -0.442 e. The fourth-order valence-electron chi connectivity index (χ4n) is 3.93. The molecule has 2 atom stereocenters. The predicted molar refractivity (Wildman–Crippen MR) is 156 cm³/mol. The number of Topliss-reactive ketones (excluding diaryl/α,β-unsaturated/α-hetero) is 1. The van der Waals surface area contributed by atoms with Crippen molar-refractivity contribution in [2.75, 3.05) is 18.8 Å². The summed E-state index contributed by atoms with van der Waals surface area (Å²) in [5.41, 5.74) is 18.1. The zero-order valence-electron chi connectivity index (χ0n) is 22.7. The van der Waals surface area contributed by atoms with Crippen LogP contribution in [0.5, 0.6) is 0 Å². The highest BCUT2D eigenvalue weighted by Crippen LogP contribution is 2.11. The maximum absolute atomic E-state index is 13.2. The van der Waals surface area contributed by atoms with E-state index < -0.39 is 46.2 Å². The van der Waals surface area contributed by atoms with Gasteiger partial charge in [0.25, 0.3) is 5.89 Å². The number of sulfonamides is 1. The topological polar surface area (TPSA) is 238 Å². The number of ketones is 1. The second-order valence-corrected chi connectivity index (χ2v) is 11.1. The molecule has 0 bridgehead atoms. The molecule has 0 fully saturated rings. The molecule has 9 N–H and O–H groups in total. The highest BCUT2D eigenvalue weighted by Gasteiger charge is 2.28. The summed E-state index contributed by atoms with van der Waals surface area (Å²) in [6.45, 7) is -0.305. The van der Waals surface area contributed by atoms with Gasteiger partial charge in [0, 0.05) is 12.2 Å². The van der Waals surface area contributed by atoms with Crippen molar-refractivity contribution in [1.29, 1.82) is 0 Å². The highest BCUT2D eigenvalue weighted by molar-refractivity contribution is 7.88. The van der Waals surface area contributed by atoms with Crippen molar-refractivity contribution >= 4 is 39.3 Å². The van der Waals surface area contributed by atoms with Crippen LogP contribution in [0.15, 0.2) is 76.5 Å². The summed E-state index contributed by atoms with van der Waals surface area (Å²) in [6, 6.07) is 12.9. The molecule has 3 rings (SSSR count). The maximum Gasteiger partial charge on any atom is 0.265 e. The number of hydrogen-bond donors (Lipinski definition) is 6. The predicted octanol–water partition coefficient (Wildman–Crippen LogP) is -0.175. The summed E-state index contributed by atoms with van der Waals surface area (Å²) in [5.74, 6) is -2.63. The molecule has 1 aromatic heterocycles. The molecule has 2 amide bonds. The molecule has 2 aromatic carbocycles. The number of aromatic nitrogens is 1. The van der Waals surface area contributed by atoms with Crippen LogP contribution in [-0.2, 0) is 31.8 Å². The number of nitrogens with two attached hydrogens (primary N) is 3. The van der Waals surface area contributed by atoms with Gasteiger partial charge in [-0.3, -0.25) is 19.4 Å². The molecule has 0 aliphatic heterocycles. The zero-order valence-corrected chi connectivity index (χ0v) is 23.5. The second-order valence-electron chi connectivity index (χ2n) is 9.35. The first-order chi connectivity index (χ1) is 20.0. The first-order valence-electron chi connectivity index (χ1n) is 13.0. The quantitative estimate of drug-likeness (QED) is 0.0418. The van der Waals surface area contributed by atoms with E-state index in [0.717, 1.165) is 0 Å². The molecular formula is C27H34N8O6S. The number of anilines is 1. The van der Waals surface area contributed by atoms with E-state index in [-0.39, 0.29) is 37.0 Å². The van der Waals surface area contributed by atoms with Gasteiger partial charge in [-0.2, -0.15) is 0 Å². The van der Waals surface area contributed by atoms with Crippen LogP contribution in [0.3, 0.4) is 0 Å². The van der Waals surface area contributed by atoms with Gasteiger partial charge in [-0.05, 0) is 42.5 Å². The number of amides is 2. The maximum atomic E-state index is 13.2. The number of oxazole rings is 1. The molecule has 42 heavy (non-hydrogen) atoms. The summed E-state index contributed by atoms with van der Waals surface area (Å²) in [4.78, 5) is 46.4. The van der Waals surface area contributed by atoms with Gasteiger partial charge in [0.1, 0.15) is 12.3 Å². The molecule has 0 saturated carbocycles. The third-order valence-corrected chi connectivity index (χ3v) is 7.28. The molecule has 0 aliphatic rings. The number of carbonyl (C=O) groups excluding carboxylic acids is 3. The van der Waals surface area contributed by atoms with E-state index in [1.807, 2.05) is 0 Å². The zero-order chi connectivity index (χ0) is 30.5. The second kappa shape index (κ2) is 15.3. The molecular weight excluding hydrogens is 564 g/mol. The van der Waals surface area contributed by atoms with Crippen LogP contribution in [0, 0.1) is 0 Å². The molecule has 0 unspecified atom stereocenters. The number of benzene rings is 2. The Bertz CT molecular complexity index is 1460. The average Bonchev–Trinajstić information content (AvgIpc) is 3.49. The van der Waals surface area contributed by atoms with Crippen LogP contribution >= 0.6 is 0 Å². The highest BCUT2D eigenvalue weighted by atomic mass is 32.2. The Hall–Kier alpha value is -4.76. The van der Waals surface area contributed by atoms with Gasteiger partial charge in [-0.25, -0.2) is 18.1 Å². The Kier molecular flexibility index (Phi) is 11.6. The van der Waals surface area contributed by atoms with Gasteiger partial charge in [-0.1, -0.05) is 42.5 Å². The normalized spacial score (nSPS) is 12.6. The number of nitrogen functional groups attached to an aromatic ring is 1. The summed E-state index contributed by atoms with van der Waals surface area (Å²) >= 11 is 0. The van der Waals surface area contributed by atoms with Crippen LogP contribution in [0.1, 0.15) is 34.7 Å². The van der Waals surface area contributed by atoms with Crippen LogP contribution < -0.4 is 32.6 Å². The van der Waals surface area contributed by atoms with E-state index >= 15 is 0 Å². The van der Waals surface area contributed by atoms with Crippen LogP contribution in [0.4, 0.5) is 5.69 Å². The lowest BCUT2D eigenvalue weighted by molar-refractivity contribution is -0.127. The Morgan fingerprint density at radius 2 is 1.69 bits per heavy atom. The van der Waals surface area contributed by atoms with Crippen LogP contribution in [-0.4, -0.2) is 62.1 Å². The van der Waals surface area contributed by atoms with Gasteiger partial charge in [0.05, 0.1) is 24.5 Å². The number of nitrogens with zero attached hydrogens (tertiary/aromatic N) is 2. The molecule has 14 nitrogen and oxygen atoms in total. The largest absolute Gasteiger partial charge is 0.442 e. The molecule has 1 heterocycles. The van der Waals surface area contributed by atoms with Gasteiger partial charge < -0.3 is 32.3 Å². The lowest BCUT2D eigenvalue weighted by atomic mass is 10.1. The lowest BCUT2D eigenvalue weighted by Crippen LogP contribution is -2.51. The minimum atomic E-state index is -3.95. The average molecular weight is 599 g/mol. The van der Waals surface area contributed by atoms with Gasteiger partial charge >= 0.3 is 0 Å². The monoisotopic (exact) mass is 598 g/mol. The Morgan fingerprint density at radius 1 is 0.976 bits per heavy atom. The summed E-state index contributed by atoms with van der Waals surface area (Å²) in [5, 5.41) is 5.01. The smallest absolute Gasteiger partial charge is 0.265 e. The number of aliphatic imine (C=N–C) groups is 1. The van der Waals surface area contributed by atoms with Crippen molar-refractivity contribution in [3.63, 3.8) is 0 Å². The SMILES string of the molecule is NC(N)=NCCC[C@H](NC(=O)CNC(=O)[C@@H](Cc1ccc(N)cc1)NS(=O)(=O)Cc1ccccc1)C(=O)c1ncco1. The Labute approximate surface area is 243 Å². The summed E-state index contributed by atoms with van der Waals surface area (Å²) in [6.07, 6.45) is 3.04. The number of carbonyl (C=O) groups is 3. The summed E-state index contributed by atoms with van der Waals surface area (Å²) in [7, 11) is -3.95. The Balaban J connectivity index is 1.67. The third-order valence-electron chi connectivity index (χ3n) is 5.92. The molecule has 0 aliphatic carbocycles. The van der Waals surface area contributed by atoms with E-state index in [4.69, 9.17) is 21.6 Å². The van der Waals surface area contributed by atoms with Crippen molar-refractivity contribution < 1.29 is 27.2 Å². The van der Waals surface area contributed by atoms with Crippen molar-refractivity contribution in [2.45, 2.75) is 37.1 Å². The Morgan fingerprint density at radius 3 is 2.33 bits per heavy atom. The molecule has 224 valence electrons. The van der Waals surface area contributed by atoms with Crippen molar-refractivity contribution in [3.05, 3.63) is 84.1 Å². The van der Waals surface area contributed by atoms with E-state index in [2.05, 4.69) is 25.3 Å². The van der Waals surface area contributed by atoms with Gasteiger partial charge in [0.2, 0.25) is 27.6 Å². The summed E-state index contributed by atoms with van der Waals surface area (Å²) < 4.78 is 33.4. The minimum absolute atomic E-state index is 0.00217. The van der Waals surface area contributed by atoms with Crippen LogP contribution in [0.25, 0.3) is 0 Å². The van der Waals surface area contributed by atoms with Gasteiger partial charge in [-0.15, -0.1) is 0 Å². The standard InChI is InChI=1S/C27H34N8O6S/c28-20-10-8-18(9-11-20)15-22(35-42(39,40)17-19-5-2-1-3-6-19)25(38)33-16-23(36)34-21(7-4-12-32-27(29)30)24(37)26-31-13-14-41-26/h1-3,5-6,8-11,13-14,21-22,35H,4,7,12,15-17,28H2,(H,33,38)(H,34,36)(H4,29,30,32)/t21-,22+/m0/s1. The number of guanidine groups is 1. The van der Waals surface area contributed by atoms with Crippen molar-refractivity contribution in [3.8, 4) is 0 Å².